The lowest BCUT2D eigenvalue weighted by Gasteiger charge is -1.90. The minimum Gasteiger partial charge on any atom is -0.345 e. The van der Waals surface area contributed by atoms with Gasteiger partial charge in [0.15, 0.2) is 0 Å². The lowest BCUT2D eigenvalue weighted by Crippen LogP contribution is -1.73. The Bertz CT molecular complexity index is 368. The van der Waals surface area contributed by atoms with E-state index in [0.29, 0.717) is 0 Å². The van der Waals surface area contributed by atoms with E-state index in [2.05, 4.69) is 36.8 Å². The van der Waals surface area contributed by atoms with Crippen molar-refractivity contribution in [2.24, 2.45) is 0 Å². The first-order valence-corrected chi connectivity index (χ1v) is 4.68. The number of rotatable bonds is 0. The highest BCUT2D eigenvalue weighted by Gasteiger charge is 1.95. The first kappa shape index (κ1) is 9.78. The zero-order valence-corrected chi connectivity index (χ0v) is 8.46. The van der Waals surface area contributed by atoms with Crippen molar-refractivity contribution in [3.63, 3.8) is 0 Å². The van der Waals surface area contributed by atoms with Crippen LogP contribution in [0.15, 0.2) is 24.5 Å². The molecular weight excluding hydrogens is 160 g/mol. The summed E-state index contributed by atoms with van der Waals surface area (Å²) in [4.78, 5) is 7.21. The van der Waals surface area contributed by atoms with Gasteiger partial charge in [0.2, 0.25) is 0 Å². The molecule has 1 heterocycles. The van der Waals surface area contributed by atoms with Crippen molar-refractivity contribution >= 4 is 11.0 Å². The lowest BCUT2D eigenvalue weighted by atomic mass is 10.2. The summed E-state index contributed by atoms with van der Waals surface area (Å²) in [6.45, 7) is 6.31. The van der Waals surface area contributed by atoms with Gasteiger partial charge in [-0.1, -0.05) is 32.4 Å². The second-order valence-electron chi connectivity index (χ2n) is 3.08. The maximum atomic E-state index is 4.16. The van der Waals surface area contributed by atoms with Crippen LogP contribution in [0.5, 0.6) is 0 Å². The molecule has 0 aliphatic rings. The van der Waals surface area contributed by atoms with Crippen LogP contribution < -0.4 is 0 Å². The number of nitrogens with zero attached hydrogens (tertiary/aromatic N) is 1. The number of aromatic nitrogens is 2. The number of imidazole rings is 1. The highest BCUT2D eigenvalue weighted by molar-refractivity contribution is 5.77. The number of hydrogen-bond donors (Lipinski definition) is 1. The molecule has 0 saturated heterocycles. The van der Waals surface area contributed by atoms with E-state index in [1.807, 2.05) is 12.1 Å². The highest BCUT2D eigenvalue weighted by Crippen LogP contribution is 2.12. The zero-order chi connectivity index (χ0) is 9.68. The van der Waals surface area contributed by atoms with E-state index in [9.17, 15) is 0 Å². The molecule has 0 aliphatic carbocycles. The van der Waals surface area contributed by atoms with E-state index in [4.69, 9.17) is 0 Å². The van der Waals surface area contributed by atoms with Crippen molar-refractivity contribution in [2.45, 2.75) is 27.2 Å². The van der Waals surface area contributed by atoms with Gasteiger partial charge in [-0.05, 0) is 18.6 Å². The van der Waals surface area contributed by atoms with Crippen LogP contribution in [0.1, 0.15) is 27.3 Å². The van der Waals surface area contributed by atoms with Gasteiger partial charge >= 0.3 is 0 Å². The summed E-state index contributed by atoms with van der Waals surface area (Å²) in [6, 6.07) is 6.11. The molecule has 2 heteroatoms. The Morgan fingerprint density at radius 2 is 2.08 bits per heavy atom. The topological polar surface area (TPSA) is 28.7 Å². The van der Waals surface area contributed by atoms with Crippen LogP contribution >= 0.6 is 0 Å². The summed E-state index contributed by atoms with van der Waals surface area (Å²) >= 11 is 0. The Balaban J connectivity index is 0.000000381. The summed E-state index contributed by atoms with van der Waals surface area (Å²) in [5.41, 5.74) is 3.40. The standard InChI is InChI=1S/C8H8N2.C3H8.H2/c1-6-3-2-4-7-8(6)10-5-9-7;1-3-2;/h2-5H,1H3,(H,9,10);3H2,1-2H3;1H. The first-order chi connectivity index (χ1) is 6.29. The normalized spacial score (nSPS) is 9.46. The molecule has 0 radical (unpaired) electrons. The van der Waals surface area contributed by atoms with E-state index in [0.717, 1.165) is 11.0 Å². The molecule has 0 amide bonds. The highest BCUT2D eigenvalue weighted by atomic mass is 14.9. The molecule has 2 rings (SSSR count). The maximum Gasteiger partial charge on any atom is 0.0931 e. The Hall–Kier alpha value is -1.31. The first-order valence-electron chi connectivity index (χ1n) is 4.68. The maximum absolute atomic E-state index is 4.16. The van der Waals surface area contributed by atoms with E-state index in [1.54, 1.807) is 6.33 Å². The number of aromatic amines is 1. The Kier molecular flexibility index (Phi) is 3.50. The minimum absolute atomic E-state index is 0. The van der Waals surface area contributed by atoms with Gasteiger partial charge in [-0.25, -0.2) is 4.98 Å². The van der Waals surface area contributed by atoms with Crippen LogP contribution in [0.3, 0.4) is 0 Å². The van der Waals surface area contributed by atoms with E-state index in [1.165, 1.54) is 12.0 Å². The molecule has 2 aromatic rings. The number of hydrogen-bond acceptors (Lipinski definition) is 1. The van der Waals surface area contributed by atoms with Crippen LogP contribution in [-0.4, -0.2) is 9.97 Å². The van der Waals surface area contributed by atoms with Crippen LogP contribution in [-0.2, 0) is 0 Å². The summed E-state index contributed by atoms with van der Waals surface area (Å²) in [5.74, 6) is 0. The molecule has 2 nitrogen and oxygen atoms in total. The molecule has 72 valence electrons. The molecule has 1 N–H and O–H groups in total. The van der Waals surface area contributed by atoms with E-state index >= 15 is 0 Å². The molecule has 0 saturated carbocycles. The predicted octanol–water partition coefficient (Wildman–Crippen LogP) is 3.53. The third-order valence-electron chi connectivity index (χ3n) is 1.65. The Morgan fingerprint density at radius 1 is 1.38 bits per heavy atom. The second kappa shape index (κ2) is 4.65. The predicted molar refractivity (Wildman–Crippen MR) is 58.9 cm³/mol. The fourth-order valence-electron chi connectivity index (χ4n) is 1.11. The van der Waals surface area contributed by atoms with E-state index < -0.39 is 0 Å². The number of nitrogens with one attached hydrogen (secondary N) is 1. The zero-order valence-electron chi connectivity index (χ0n) is 8.46. The molecule has 1 aromatic heterocycles. The molecule has 0 unspecified atom stereocenters. The fraction of sp³-hybridized carbons (Fsp3) is 0.364. The lowest BCUT2D eigenvalue weighted by molar-refractivity contribution is 1.09. The monoisotopic (exact) mass is 178 g/mol. The van der Waals surface area contributed by atoms with Crippen molar-refractivity contribution in [3.8, 4) is 0 Å². The van der Waals surface area contributed by atoms with Crippen LogP contribution in [0.4, 0.5) is 0 Å². The summed E-state index contributed by atoms with van der Waals surface area (Å²) < 4.78 is 0. The third-order valence-corrected chi connectivity index (χ3v) is 1.65. The smallest absolute Gasteiger partial charge is 0.0931 e. The number of fused-ring (bicyclic) bond motifs is 1. The minimum atomic E-state index is 0. The van der Waals surface area contributed by atoms with Gasteiger partial charge in [-0.15, -0.1) is 0 Å². The number of aryl methyl sites for hydroxylation is 1. The fourth-order valence-corrected chi connectivity index (χ4v) is 1.11. The van der Waals surface area contributed by atoms with Gasteiger partial charge < -0.3 is 4.98 Å². The molecule has 0 spiro atoms. The van der Waals surface area contributed by atoms with Crippen molar-refractivity contribution in [1.29, 1.82) is 0 Å². The molecular formula is C11H18N2. The molecule has 1 aromatic carbocycles. The van der Waals surface area contributed by atoms with Gasteiger partial charge in [0.25, 0.3) is 0 Å². The summed E-state index contributed by atoms with van der Waals surface area (Å²) in [6.07, 6.45) is 2.97. The molecule has 0 atom stereocenters. The number of para-hydroxylation sites is 1. The van der Waals surface area contributed by atoms with Gasteiger partial charge in [0.05, 0.1) is 17.4 Å². The largest absolute Gasteiger partial charge is 0.345 e. The SMILES string of the molecule is CCC.Cc1cccc2[nH]cnc12.[HH]. The summed E-state index contributed by atoms with van der Waals surface area (Å²) in [7, 11) is 0. The van der Waals surface area contributed by atoms with Gasteiger partial charge in [0, 0.05) is 1.43 Å². The van der Waals surface area contributed by atoms with Crippen LogP contribution in [0.25, 0.3) is 11.0 Å². The third kappa shape index (κ3) is 2.31. The van der Waals surface area contributed by atoms with Crippen molar-refractivity contribution < 1.29 is 1.43 Å². The average molecular weight is 178 g/mol. The van der Waals surface area contributed by atoms with Crippen molar-refractivity contribution in [3.05, 3.63) is 30.1 Å². The quantitative estimate of drug-likeness (QED) is 0.656. The molecule has 0 fully saturated rings. The van der Waals surface area contributed by atoms with E-state index in [-0.39, 0.29) is 1.43 Å². The van der Waals surface area contributed by atoms with Gasteiger partial charge in [-0.3, -0.25) is 0 Å². The number of H-pyrrole nitrogens is 1. The number of benzene rings is 1. The molecule has 13 heavy (non-hydrogen) atoms. The van der Waals surface area contributed by atoms with Gasteiger partial charge in [0.1, 0.15) is 0 Å². The molecule has 0 aliphatic heterocycles. The second-order valence-corrected chi connectivity index (χ2v) is 3.08. The van der Waals surface area contributed by atoms with Gasteiger partial charge in [-0.2, -0.15) is 0 Å². The Labute approximate surface area is 80.5 Å². The van der Waals surface area contributed by atoms with Crippen LogP contribution in [0.2, 0.25) is 0 Å². The van der Waals surface area contributed by atoms with Crippen molar-refractivity contribution in [1.82, 2.24) is 9.97 Å². The molecule has 0 bridgehead atoms. The summed E-state index contributed by atoms with van der Waals surface area (Å²) in [5, 5.41) is 0. The average Bonchev–Trinajstić information content (AvgIpc) is 2.54. The van der Waals surface area contributed by atoms with Crippen LogP contribution in [0, 0.1) is 6.92 Å². The Morgan fingerprint density at radius 3 is 2.69 bits per heavy atom. The van der Waals surface area contributed by atoms with Crippen molar-refractivity contribution in [2.75, 3.05) is 0 Å².